The normalized spacial score (nSPS) is 18.1. The predicted molar refractivity (Wildman–Crippen MR) is 276 cm³/mol. The van der Waals surface area contributed by atoms with E-state index in [2.05, 4.69) is 218 Å². The predicted octanol–water partition coefficient (Wildman–Crippen LogP) is 14.9. The molecule has 0 bridgehead atoms. The maximum atomic E-state index is 7.58. The Morgan fingerprint density at radius 3 is 1.58 bits per heavy atom. The molecule has 4 aliphatic rings. The van der Waals surface area contributed by atoms with Gasteiger partial charge in [-0.15, -0.1) is 0 Å². The maximum Gasteiger partial charge on any atom is 0.297 e. The minimum Gasteiger partial charge on any atom is -0.468 e. The molecule has 4 heteroatoms. The van der Waals surface area contributed by atoms with Crippen molar-refractivity contribution in [3.63, 3.8) is 0 Å². The van der Waals surface area contributed by atoms with E-state index in [1.54, 1.807) is 0 Å². The Morgan fingerprint density at radius 1 is 0.446 bits per heavy atom. The van der Waals surface area contributed by atoms with Crippen LogP contribution >= 0.6 is 0 Å². The zero-order valence-electron chi connectivity index (χ0n) is 39.6. The SMILES string of the molecule is Cc1cc2c3c(c1)N(c1ccc4c(c1)C(C)(C)CCC4(C)C)c1c(oc4cc5c(cc14)C(C)(C)CCC5(C)C)B3c1cc(-c3ccccc3)ccc1N2c1ccc(-c2ccccc2)cc1. The van der Waals surface area contributed by atoms with Gasteiger partial charge in [0.15, 0.2) is 0 Å². The van der Waals surface area contributed by atoms with Gasteiger partial charge < -0.3 is 14.2 Å². The summed E-state index contributed by atoms with van der Waals surface area (Å²) in [5.41, 5.74) is 23.8. The molecule has 0 atom stereocenters. The van der Waals surface area contributed by atoms with Crippen LogP contribution in [0.4, 0.5) is 34.1 Å². The molecule has 8 aromatic rings. The van der Waals surface area contributed by atoms with Crippen molar-refractivity contribution in [3.05, 3.63) is 173 Å². The lowest BCUT2D eigenvalue weighted by molar-refractivity contribution is 0.332. The van der Waals surface area contributed by atoms with E-state index in [9.17, 15) is 0 Å². The van der Waals surface area contributed by atoms with Gasteiger partial charge in [0.25, 0.3) is 6.71 Å². The van der Waals surface area contributed by atoms with Crippen LogP contribution in [0.15, 0.2) is 150 Å². The standard InChI is InChI=1S/C61H59BN2O/c1-38-32-52-55-53(33-38)64(44-25-26-46-47(35-44)59(4,5)29-28-58(46,2)3)56-45-36-48-49(61(8,9)31-30-60(48,6)7)37-54(45)65-57(56)62(55)50-34-42(40-18-14-11-15-19-40)22-27-51(50)63(52)43-23-20-41(21-24-43)39-16-12-10-13-17-39/h10-27,32-37H,28-31H2,1-9H3. The highest BCUT2D eigenvalue weighted by molar-refractivity contribution is 7.00. The topological polar surface area (TPSA) is 19.6 Å². The van der Waals surface area contributed by atoms with Crippen LogP contribution < -0.4 is 26.4 Å². The lowest BCUT2D eigenvalue weighted by Crippen LogP contribution is -2.61. The summed E-state index contributed by atoms with van der Waals surface area (Å²) in [7, 11) is 0. The average Bonchev–Trinajstić information content (AvgIpc) is 3.67. The highest BCUT2D eigenvalue weighted by Gasteiger charge is 2.48. The fraction of sp³-hybridized carbons (Fsp3) is 0.279. The molecule has 12 rings (SSSR count). The first kappa shape index (κ1) is 40.3. The summed E-state index contributed by atoms with van der Waals surface area (Å²) >= 11 is 0. The molecule has 0 saturated heterocycles. The van der Waals surface area contributed by atoms with Crippen LogP contribution in [-0.2, 0) is 21.7 Å². The summed E-state index contributed by atoms with van der Waals surface area (Å²) in [6.45, 7) is 21.6. The molecule has 0 unspecified atom stereocenters. The molecule has 1 aromatic heterocycles. The fourth-order valence-corrected chi connectivity index (χ4v) is 12.2. The second-order valence-corrected chi connectivity index (χ2v) is 22.3. The molecule has 0 N–H and O–H groups in total. The van der Waals surface area contributed by atoms with Gasteiger partial charge in [-0.3, -0.25) is 0 Å². The highest BCUT2D eigenvalue weighted by Crippen LogP contribution is 2.53. The van der Waals surface area contributed by atoms with Gasteiger partial charge in [-0.1, -0.05) is 146 Å². The number of aryl methyl sites for hydroxylation is 1. The van der Waals surface area contributed by atoms with E-state index >= 15 is 0 Å². The van der Waals surface area contributed by atoms with E-state index in [4.69, 9.17) is 4.42 Å². The van der Waals surface area contributed by atoms with Crippen molar-refractivity contribution in [3.8, 4) is 22.3 Å². The molecule has 7 aromatic carbocycles. The third-order valence-electron chi connectivity index (χ3n) is 16.2. The van der Waals surface area contributed by atoms with Crippen LogP contribution in [0.3, 0.4) is 0 Å². The summed E-state index contributed by atoms with van der Waals surface area (Å²) in [4.78, 5) is 5.13. The Hall–Kier alpha value is -6.26. The van der Waals surface area contributed by atoms with E-state index in [0.29, 0.717) is 0 Å². The first-order valence-electron chi connectivity index (χ1n) is 24.0. The number of furan rings is 1. The fourth-order valence-electron chi connectivity index (χ4n) is 12.2. The molecule has 0 fully saturated rings. The minimum atomic E-state index is -0.135. The number of rotatable bonds is 4. The van der Waals surface area contributed by atoms with E-state index in [1.807, 2.05) is 0 Å². The molecular weight excluding hydrogens is 787 g/mol. The Balaban J connectivity index is 1.17. The number of anilines is 6. The lowest BCUT2D eigenvalue weighted by Gasteiger charge is -2.44. The molecular formula is C61H59BN2O. The molecule has 0 saturated carbocycles. The van der Waals surface area contributed by atoms with Crippen molar-refractivity contribution in [2.24, 2.45) is 0 Å². The van der Waals surface area contributed by atoms with Crippen molar-refractivity contribution in [1.29, 1.82) is 0 Å². The zero-order valence-corrected chi connectivity index (χ0v) is 39.6. The van der Waals surface area contributed by atoms with Crippen LogP contribution in [0.1, 0.15) is 109 Å². The molecule has 65 heavy (non-hydrogen) atoms. The Labute approximate surface area is 386 Å². The van der Waals surface area contributed by atoms with E-state index in [0.717, 1.165) is 36.2 Å². The minimum absolute atomic E-state index is 0.0460. The molecule has 322 valence electrons. The van der Waals surface area contributed by atoms with Crippen LogP contribution in [0.2, 0.25) is 0 Å². The second kappa shape index (κ2) is 13.9. The first-order valence-corrected chi connectivity index (χ1v) is 24.0. The third kappa shape index (κ3) is 6.08. The van der Waals surface area contributed by atoms with E-state index in [-0.39, 0.29) is 28.4 Å². The smallest absolute Gasteiger partial charge is 0.297 e. The molecule has 0 spiro atoms. The number of benzene rings is 7. The Kier molecular flexibility index (Phi) is 8.60. The number of hydrogen-bond acceptors (Lipinski definition) is 3. The van der Waals surface area contributed by atoms with E-state index < -0.39 is 0 Å². The van der Waals surface area contributed by atoms with Gasteiger partial charge in [-0.2, -0.15) is 0 Å². The number of fused-ring (bicyclic) bond motifs is 8. The van der Waals surface area contributed by atoms with Crippen LogP contribution in [0, 0.1) is 6.92 Å². The lowest BCUT2D eigenvalue weighted by atomic mass is 9.35. The molecule has 0 amide bonds. The average molecular weight is 847 g/mol. The summed E-state index contributed by atoms with van der Waals surface area (Å²) in [5, 5.41) is 1.20. The van der Waals surface area contributed by atoms with Gasteiger partial charge in [0.1, 0.15) is 5.58 Å². The van der Waals surface area contributed by atoms with Gasteiger partial charge in [0.05, 0.1) is 11.3 Å². The van der Waals surface area contributed by atoms with Crippen LogP contribution in [-0.4, -0.2) is 6.71 Å². The first-order chi connectivity index (χ1) is 31.1. The molecule has 2 aliphatic heterocycles. The van der Waals surface area contributed by atoms with Gasteiger partial charge >= 0.3 is 0 Å². The molecule has 0 radical (unpaired) electrons. The van der Waals surface area contributed by atoms with Gasteiger partial charge in [0, 0.05) is 33.8 Å². The molecule has 3 nitrogen and oxygen atoms in total. The van der Waals surface area contributed by atoms with Gasteiger partial charge in [0.2, 0.25) is 0 Å². The van der Waals surface area contributed by atoms with E-state index in [1.165, 1.54) is 101 Å². The quantitative estimate of drug-likeness (QED) is 0.165. The van der Waals surface area contributed by atoms with Crippen LogP contribution in [0.5, 0.6) is 0 Å². The van der Waals surface area contributed by atoms with Gasteiger partial charge in [-0.25, -0.2) is 0 Å². The summed E-state index contributed by atoms with van der Waals surface area (Å²) in [6, 6.07) is 55.1. The van der Waals surface area contributed by atoms with Crippen LogP contribution in [0.25, 0.3) is 33.2 Å². The summed E-state index contributed by atoms with van der Waals surface area (Å²) in [6.07, 6.45) is 4.65. The zero-order chi connectivity index (χ0) is 44.8. The highest BCUT2D eigenvalue weighted by atomic mass is 16.3. The van der Waals surface area contributed by atoms with Crippen molar-refractivity contribution < 1.29 is 4.42 Å². The van der Waals surface area contributed by atoms with Crippen molar-refractivity contribution in [1.82, 2.24) is 0 Å². The summed E-state index contributed by atoms with van der Waals surface area (Å²) in [5.74, 6) is 0. The van der Waals surface area contributed by atoms with Crippen molar-refractivity contribution in [2.75, 3.05) is 9.80 Å². The third-order valence-corrected chi connectivity index (χ3v) is 16.2. The van der Waals surface area contributed by atoms with Crippen molar-refractivity contribution >= 4 is 68.4 Å². The summed E-state index contributed by atoms with van der Waals surface area (Å²) < 4.78 is 7.58. The molecule has 2 aliphatic carbocycles. The molecule has 3 heterocycles. The van der Waals surface area contributed by atoms with Gasteiger partial charge in [-0.05, 0) is 170 Å². The Bertz CT molecular complexity index is 3230. The Morgan fingerprint density at radius 2 is 0.954 bits per heavy atom. The largest absolute Gasteiger partial charge is 0.468 e. The second-order valence-electron chi connectivity index (χ2n) is 22.3. The number of hydrogen-bond donors (Lipinski definition) is 0. The van der Waals surface area contributed by atoms with Crippen molar-refractivity contribution in [2.45, 2.75) is 110 Å². The maximum absolute atomic E-state index is 7.58. The monoisotopic (exact) mass is 846 g/mol. The number of nitrogens with zero attached hydrogens (tertiary/aromatic N) is 2.